The van der Waals surface area contributed by atoms with Crippen LogP contribution in [0.4, 0.5) is 4.79 Å². The van der Waals surface area contributed by atoms with Crippen LogP contribution < -0.4 is 24.0 Å². The van der Waals surface area contributed by atoms with Crippen molar-refractivity contribution in [3.05, 3.63) is 0 Å². The molecule has 0 aliphatic rings. The maximum absolute atomic E-state index is 10.0. The van der Waals surface area contributed by atoms with Crippen LogP contribution in [0.5, 0.6) is 0 Å². The largest absolute Gasteiger partial charge is 1.00 e. The molecule has 0 rings (SSSR count). The Morgan fingerprint density at radius 2 is 1.00 bits per heavy atom. The van der Waals surface area contributed by atoms with Crippen molar-refractivity contribution >= 4 is 6.16 Å². The first-order valence-electron chi connectivity index (χ1n) is 9.11. The second kappa shape index (κ2) is 20.9. The number of carbonyl (C=O) groups excluding carboxylic acids is 1. The monoisotopic (exact) mass is 306 g/mol. The molecule has 0 unspecified atom stereocenters. The topological polar surface area (TPSA) is 49.4 Å². The first-order valence-corrected chi connectivity index (χ1v) is 9.11. The van der Waals surface area contributed by atoms with E-state index in [1.165, 1.54) is 83.5 Å². The van der Waals surface area contributed by atoms with Gasteiger partial charge in [0.15, 0.2) is 0 Å². The third-order valence-corrected chi connectivity index (χ3v) is 3.97. The quantitative estimate of drug-likeness (QED) is 0.250. The zero-order valence-corrected chi connectivity index (χ0v) is 15.0. The first-order chi connectivity index (χ1) is 10.3. The minimum absolute atomic E-state index is 0. The molecule has 126 valence electrons. The molecular formula is C18H35LiO3. The second-order valence-corrected chi connectivity index (χ2v) is 6.05. The molecule has 0 aliphatic carbocycles. The van der Waals surface area contributed by atoms with Crippen molar-refractivity contribution in [1.82, 2.24) is 0 Å². The molecule has 0 heterocycles. The summed E-state index contributed by atoms with van der Waals surface area (Å²) >= 11 is 0. The van der Waals surface area contributed by atoms with Crippen LogP contribution in [0.3, 0.4) is 0 Å². The van der Waals surface area contributed by atoms with Gasteiger partial charge in [-0.15, -0.1) is 0 Å². The predicted molar refractivity (Wildman–Crippen MR) is 86.3 cm³/mol. The third-order valence-electron chi connectivity index (χ3n) is 3.97. The van der Waals surface area contributed by atoms with E-state index in [2.05, 4.69) is 11.7 Å². The van der Waals surface area contributed by atoms with E-state index in [4.69, 9.17) is 0 Å². The van der Waals surface area contributed by atoms with E-state index < -0.39 is 6.16 Å². The summed E-state index contributed by atoms with van der Waals surface area (Å²) in [4.78, 5) is 10.0. The number of unbranched alkanes of at least 4 members (excludes halogenated alkanes) is 14. The van der Waals surface area contributed by atoms with Gasteiger partial charge in [-0.2, -0.15) is 0 Å². The molecule has 0 N–H and O–H groups in total. The molecule has 0 radical (unpaired) electrons. The van der Waals surface area contributed by atoms with Crippen LogP contribution in [0.25, 0.3) is 0 Å². The smallest absolute Gasteiger partial charge is 0.550 e. The van der Waals surface area contributed by atoms with Crippen LogP contribution in [0.15, 0.2) is 0 Å². The van der Waals surface area contributed by atoms with Crippen LogP contribution in [-0.2, 0) is 4.74 Å². The zero-order valence-electron chi connectivity index (χ0n) is 15.0. The van der Waals surface area contributed by atoms with Crippen molar-refractivity contribution in [3.63, 3.8) is 0 Å². The normalized spacial score (nSPS) is 10.2. The van der Waals surface area contributed by atoms with E-state index in [-0.39, 0.29) is 18.9 Å². The molecule has 0 saturated carbocycles. The van der Waals surface area contributed by atoms with Crippen LogP contribution in [0.2, 0.25) is 0 Å². The van der Waals surface area contributed by atoms with Crippen molar-refractivity contribution in [3.8, 4) is 0 Å². The minimum atomic E-state index is -1.40. The Bertz CT molecular complexity index is 222. The fourth-order valence-corrected chi connectivity index (χ4v) is 2.63. The molecule has 0 aromatic carbocycles. The maximum atomic E-state index is 10.0. The number of carbonyl (C=O) groups is 1. The summed E-state index contributed by atoms with van der Waals surface area (Å²) in [6.07, 6.45) is 18.2. The van der Waals surface area contributed by atoms with Gasteiger partial charge in [0.05, 0.1) is 0 Å². The van der Waals surface area contributed by atoms with Gasteiger partial charge >= 0.3 is 18.9 Å². The van der Waals surface area contributed by atoms with Crippen molar-refractivity contribution in [1.29, 1.82) is 0 Å². The number of hydrogen-bond donors (Lipinski definition) is 0. The summed E-state index contributed by atoms with van der Waals surface area (Å²) in [6, 6.07) is 0. The molecule has 0 aromatic rings. The maximum Gasteiger partial charge on any atom is 1.00 e. The van der Waals surface area contributed by atoms with Gasteiger partial charge in [0, 0.05) is 6.61 Å². The molecule has 0 aromatic heterocycles. The van der Waals surface area contributed by atoms with Gasteiger partial charge in [0.2, 0.25) is 0 Å². The Balaban J connectivity index is 0. The van der Waals surface area contributed by atoms with E-state index in [1.54, 1.807) is 0 Å². The van der Waals surface area contributed by atoms with E-state index in [9.17, 15) is 9.90 Å². The average molecular weight is 306 g/mol. The predicted octanol–water partition coefficient (Wildman–Crippen LogP) is 2.22. The molecule has 0 bridgehead atoms. The summed E-state index contributed by atoms with van der Waals surface area (Å²) in [7, 11) is 0. The minimum Gasteiger partial charge on any atom is -0.550 e. The Morgan fingerprint density at radius 3 is 1.32 bits per heavy atom. The zero-order chi connectivity index (χ0) is 15.6. The van der Waals surface area contributed by atoms with Gasteiger partial charge in [0.25, 0.3) is 6.16 Å². The molecule has 22 heavy (non-hydrogen) atoms. The van der Waals surface area contributed by atoms with Gasteiger partial charge in [-0.05, 0) is 6.42 Å². The van der Waals surface area contributed by atoms with Crippen molar-refractivity contribution in [2.24, 2.45) is 0 Å². The van der Waals surface area contributed by atoms with E-state index in [0.717, 1.165) is 12.8 Å². The van der Waals surface area contributed by atoms with Gasteiger partial charge < -0.3 is 14.6 Å². The molecule has 0 saturated heterocycles. The van der Waals surface area contributed by atoms with Crippen molar-refractivity contribution in [2.75, 3.05) is 6.61 Å². The summed E-state index contributed by atoms with van der Waals surface area (Å²) < 4.78 is 4.36. The summed E-state index contributed by atoms with van der Waals surface area (Å²) in [5.74, 6) is 0. The van der Waals surface area contributed by atoms with Crippen LogP contribution in [0.1, 0.15) is 103 Å². The molecule has 0 fully saturated rings. The van der Waals surface area contributed by atoms with Crippen LogP contribution in [0, 0.1) is 0 Å². The van der Waals surface area contributed by atoms with E-state index >= 15 is 0 Å². The number of rotatable bonds is 16. The van der Waals surface area contributed by atoms with Gasteiger partial charge in [0.1, 0.15) is 0 Å². The number of ether oxygens (including phenoxy) is 1. The SMILES string of the molecule is CCCCCCCCCCCCCCCCCOC(=O)[O-].[Li+]. The summed E-state index contributed by atoms with van der Waals surface area (Å²) in [6.45, 7) is 2.56. The van der Waals surface area contributed by atoms with Crippen molar-refractivity contribution < 1.29 is 33.5 Å². The standard InChI is InChI=1S/C18H36O3.Li/c1-2-3-4-5-6-7-8-9-10-11-12-13-14-15-16-17-21-18(19)20;/h2-17H2,1H3,(H,19,20);/q;+1/p-1. The van der Waals surface area contributed by atoms with E-state index in [0.29, 0.717) is 6.61 Å². The van der Waals surface area contributed by atoms with E-state index in [1.807, 2.05) is 0 Å². The van der Waals surface area contributed by atoms with Gasteiger partial charge in [-0.3, -0.25) is 0 Å². The molecular weight excluding hydrogens is 271 g/mol. The molecule has 4 heteroatoms. The van der Waals surface area contributed by atoms with Crippen molar-refractivity contribution in [2.45, 2.75) is 103 Å². The third kappa shape index (κ3) is 22.2. The number of carboxylic acid groups (broad SMARTS) is 1. The second-order valence-electron chi connectivity index (χ2n) is 6.05. The van der Waals surface area contributed by atoms with Gasteiger partial charge in [-0.25, -0.2) is 0 Å². The van der Waals surface area contributed by atoms with Gasteiger partial charge in [-0.1, -0.05) is 96.8 Å². The molecule has 0 atom stereocenters. The van der Waals surface area contributed by atoms with Crippen LogP contribution >= 0.6 is 0 Å². The van der Waals surface area contributed by atoms with Crippen LogP contribution in [-0.4, -0.2) is 12.8 Å². The molecule has 0 spiro atoms. The Labute approximate surface area is 149 Å². The fraction of sp³-hybridized carbons (Fsp3) is 0.944. The molecule has 0 amide bonds. The summed E-state index contributed by atoms with van der Waals surface area (Å²) in [5, 5.41) is 10.0. The Hall–Kier alpha value is -0.133. The first kappa shape index (κ1) is 24.1. The molecule has 0 aliphatic heterocycles. The number of hydrogen-bond acceptors (Lipinski definition) is 3. The fourth-order valence-electron chi connectivity index (χ4n) is 2.63. The summed E-state index contributed by atoms with van der Waals surface area (Å²) in [5.41, 5.74) is 0. The Kier molecular flexibility index (Phi) is 22.9. The molecule has 3 nitrogen and oxygen atoms in total. The Morgan fingerprint density at radius 1 is 0.682 bits per heavy atom. The average Bonchev–Trinajstić information content (AvgIpc) is 2.46.